The van der Waals surface area contributed by atoms with Crippen molar-refractivity contribution < 1.29 is 101 Å². The third-order valence-corrected chi connectivity index (χ3v) is 12.0. The zero-order valence-electron chi connectivity index (χ0n) is 12.9. The van der Waals surface area contributed by atoms with E-state index >= 15 is 0 Å². The van der Waals surface area contributed by atoms with Gasteiger partial charge in [-0.15, -0.1) is 0 Å². The van der Waals surface area contributed by atoms with Crippen LogP contribution in [0.1, 0.15) is 0 Å². The van der Waals surface area contributed by atoms with Crippen molar-refractivity contribution in [2.75, 3.05) is 0 Å². The van der Waals surface area contributed by atoms with E-state index in [0.29, 0.717) is 0 Å². The maximum Gasteiger partial charge on any atom is 0.499 e. The fraction of sp³-hybridized carbons (Fsp3) is 0. The summed E-state index contributed by atoms with van der Waals surface area (Å²) in [5.74, 6) is 0. The Hall–Kier alpha value is 1.15. The molecule has 3 atom stereocenters. The quantitative estimate of drug-likeness (QED) is 0.137. The van der Waals surface area contributed by atoms with E-state index in [9.17, 15) is 36.5 Å². The van der Waals surface area contributed by atoms with E-state index in [1.54, 1.807) is 0 Å². The molecule has 0 saturated carbocycles. The van der Waals surface area contributed by atoms with Crippen LogP contribution in [0.3, 0.4) is 0 Å². The lowest BCUT2D eigenvalue weighted by molar-refractivity contribution is 0.201. The standard InChI is InChI=1S/H8O22P8/c1-23-16-28(12,13)22-30(15,21-27(9,10)11)18-24(2)17-29(14,19-25(3,4)5)20-26(6,7)8/h24H,(H,12,13)(H2,3,4,5)(H2,6,7,8)(H2,9,10,11). The molecule has 0 rings (SSSR count). The van der Waals surface area contributed by atoms with Crippen LogP contribution in [0.15, 0.2) is 0 Å². The Morgan fingerprint density at radius 3 is 1.17 bits per heavy atom. The van der Waals surface area contributed by atoms with E-state index in [2.05, 4.69) is 30.2 Å². The molecule has 22 nitrogen and oxygen atoms in total. The highest BCUT2D eigenvalue weighted by atomic mass is 31.3. The minimum Gasteiger partial charge on any atom is -0.302 e. The van der Waals surface area contributed by atoms with E-state index in [1.165, 1.54) is 0 Å². The fourth-order valence-electron chi connectivity index (χ4n) is 0.870. The van der Waals surface area contributed by atoms with Gasteiger partial charge in [-0.25, -0.2) is 40.6 Å². The number of hydrogen-bond donors (Lipinski definition) is 7. The molecule has 0 aromatic carbocycles. The molecule has 0 bridgehead atoms. The Morgan fingerprint density at radius 1 is 0.600 bits per heavy atom. The van der Waals surface area contributed by atoms with Crippen molar-refractivity contribution in [3.05, 3.63) is 0 Å². The molecule has 30 heavy (non-hydrogen) atoms. The summed E-state index contributed by atoms with van der Waals surface area (Å²) in [5.41, 5.74) is 0. The maximum absolute atomic E-state index is 12.0. The van der Waals surface area contributed by atoms with Crippen LogP contribution < -0.4 is 0 Å². The number of hydrogen-bond acceptors (Lipinski definition) is 15. The first-order valence-corrected chi connectivity index (χ1v) is 16.4. The van der Waals surface area contributed by atoms with Crippen LogP contribution in [0, 0.1) is 0 Å². The fourth-order valence-corrected chi connectivity index (χ4v) is 10.1. The Labute approximate surface area is 165 Å². The molecule has 0 aliphatic carbocycles. The topological polar surface area (TPSA) is 343 Å². The minimum absolute atomic E-state index is 1.64. The average Bonchev–Trinajstić information content (AvgIpc) is 2.26. The predicted octanol–water partition coefficient (Wildman–Crippen LogP) is 1.29. The molecular formula is H8O22P8. The van der Waals surface area contributed by atoms with Gasteiger partial charge in [-0.3, -0.25) is 4.57 Å². The van der Waals surface area contributed by atoms with Crippen LogP contribution in [0.5, 0.6) is 0 Å². The van der Waals surface area contributed by atoms with Crippen molar-refractivity contribution in [3.63, 3.8) is 0 Å². The van der Waals surface area contributed by atoms with E-state index in [-0.39, 0.29) is 0 Å². The lowest BCUT2D eigenvalue weighted by Crippen LogP contribution is -1.98. The molecule has 0 aromatic heterocycles. The highest BCUT2D eigenvalue weighted by Gasteiger charge is 2.49. The monoisotopic (exact) mass is 608 g/mol. The third-order valence-electron chi connectivity index (χ3n) is 1.33. The second-order valence-electron chi connectivity index (χ2n) is 3.75. The normalized spacial score (nSPS) is 19.2. The zero-order chi connectivity index (χ0) is 24.2. The summed E-state index contributed by atoms with van der Waals surface area (Å²) in [4.78, 5) is 60.2. The van der Waals surface area contributed by atoms with Crippen molar-refractivity contribution >= 4 is 63.9 Å². The first kappa shape index (κ1) is 31.1. The molecule has 0 amide bonds. The van der Waals surface area contributed by atoms with Gasteiger partial charge in [0.2, 0.25) is 0 Å². The van der Waals surface area contributed by atoms with Gasteiger partial charge in [0.05, 0.1) is 0 Å². The summed E-state index contributed by atoms with van der Waals surface area (Å²) in [6.45, 7) is 0. The van der Waals surface area contributed by atoms with Gasteiger partial charge < -0.3 is 34.3 Å². The molecule has 3 unspecified atom stereocenters. The SMILES string of the molecule is O=POP(=O)(O)OP(=O)(O[PH](=O)OP(=O)(OP(=O)(O)O)OP(=O)(O)O)OP(=O)(O)O. The molecule has 0 aliphatic heterocycles. The lowest BCUT2D eigenvalue weighted by Gasteiger charge is -2.20. The predicted molar refractivity (Wildman–Crippen MR) is 85.4 cm³/mol. The first-order chi connectivity index (χ1) is 13.0. The Morgan fingerprint density at radius 2 is 0.900 bits per heavy atom. The largest absolute Gasteiger partial charge is 0.499 e. The third kappa shape index (κ3) is 15.1. The minimum atomic E-state index is -6.29. The molecule has 0 fully saturated rings. The summed E-state index contributed by atoms with van der Waals surface area (Å²) in [5, 5.41) is 0. The first-order valence-electron chi connectivity index (χ1n) is 5.48. The summed E-state index contributed by atoms with van der Waals surface area (Å²) >= 11 is 0. The van der Waals surface area contributed by atoms with E-state index < -0.39 is 63.9 Å². The van der Waals surface area contributed by atoms with Gasteiger partial charge >= 0.3 is 63.9 Å². The summed E-state index contributed by atoms with van der Waals surface area (Å²) in [7, 11) is -43.1. The van der Waals surface area contributed by atoms with Gasteiger partial charge in [0.15, 0.2) is 0 Å². The molecule has 0 aromatic rings. The molecular weight excluding hydrogens is 600 g/mol. The van der Waals surface area contributed by atoms with E-state index in [0.717, 1.165) is 0 Å². The highest BCUT2D eigenvalue weighted by molar-refractivity contribution is 7.73. The van der Waals surface area contributed by atoms with Gasteiger partial charge in [-0.1, -0.05) is 0 Å². The Bertz CT molecular complexity index is 887. The second-order valence-corrected chi connectivity index (χ2v) is 14.8. The van der Waals surface area contributed by atoms with Crippen molar-refractivity contribution in [2.24, 2.45) is 0 Å². The van der Waals surface area contributed by atoms with Crippen LogP contribution in [-0.2, 0) is 66.7 Å². The van der Waals surface area contributed by atoms with Crippen LogP contribution in [-0.4, -0.2) is 34.3 Å². The smallest absolute Gasteiger partial charge is 0.302 e. The maximum atomic E-state index is 12.0. The van der Waals surface area contributed by atoms with Gasteiger partial charge in [0.25, 0.3) is 0 Å². The molecule has 30 heteroatoms. The second kappa shape index (κ2) is 11.1. The van der Waals surface area contributed by atoms with Crippen molar-refractivity contribution in [3.8, 4) is 0 Å². The molecule has 0 saturated heterocycles. The van der Waals surface area contributed by atoms with Gasteiger partial charge in [-0.05, 0) is 0 Å². The van der Waals surface area contributed by atoms with Crippen LogP contribution in [0.25, 0.3) is 0 Å². The van der Waals surface area contributed by atoms with Crippen molar-refractivity contribution in [2.45, 2.75) is 0 Å². The van der Waals surface area contributed by atoms with Gasteiger partial charge in [0.1, 0.15) is 0 Å². The molecule has 0 heterocycles. The van der Waals surface area contributed by atoms with Crippen LogP contribution in [0.2, 0.25) is 0 Å². The van der Waals surface area contributed by atoms with Crippen molar-refractivity contribution in [1.82, 2.24) is 0 Å². The van der Waals surface area contributed by atoms with Crippen molar-refractivity contribution in [1.29, 1.82) is 0 Å². The highest BCUT2D eigenvalue weighted by Crippen LogP contribution is 2.76. The summed E-state index contributed by atoms with van der Waals surface area (Å²) < 4.78 is 113. The lowest BCUT2D eigenvalue weighted by atomic mass is 15.7. The van der Waals surface area contributed by atoms with E-state index in [1.807, 2.05) is 0 Å². The van der Waals surface area contributed by atoms with Crippen LogP contribution >= 0.6 is 63.9 Å². The summed E-state index contributed by atoms with van der Waals surface area (Å²) in [6.07, 6.45) is 0. The molecule has 0 aliphatic rings. The Balaban J connectivity index is 5.87. The molecule has 0 spiro atoms. The summed E-state index contributed by atoms with van der Waals surface area (Å²) in [6, 6.07) is 0. The van der Waals surface area contributed by atoms with E-state index in [4.69, 9.17) is 34.3 Å². The molecule has 7 N–H and O–H groups in total. The Kier molecular flexibility index (Phi) is 11.5. The number of phosphoric acid groups is 6. The van der Waals surface area contributed by atoms with Crippen LogP contribution in [0.4, 0.5) is 0 Å². The average molecular weight is 608 g/mol. The zero-order valence-corrected chi connectivity index (χ0v) is 20.1. The molecule has 0 radical (unpaired) electrons. The van der Waals surface area contributed by atoms with Gasteiger partial charge in [-0.2, -0.15) is 21.6 Å². The van der Waals surface area contributed by atoms with Gasteiger partial charge in [0, 0.05) is 0 Å². The molecule has 180 valence electrons. The number of rotatable bonds is 14.